The van der Waals surface area contributed by atoms with Crippen molar-refractivity contribution < 1.29 is 0 Å². The van der Waals surface area contributed by atoms with Gasteiger partial charge in [-0.25, -0.2) is 0 Å². The topological polar surface area (TPSA) is 12.0 Å². The maximum absolute atomic E-state index is 3.34. The zero-order chi connectivity index (χ0) is 7.68. The summed E-state index contributed by atoms with van der Waals surface area (Å²) < 4.78 is 0. The Balaban J connectivity index is 2.41. The summed E-state index contributed by atoms with van der Waals surface area (Å²) in [6.07, 6.45) is 3.32. The third-order valence-corrected chi connectivity index (χ3v) is 2.17. The lowest BCUT2D eigenvalue weighted by molar-refractivity contribution is 1.10. The van der Waals surface area contributed by atoms with Gasteiger partial charge in [0.2, 0.25) is 0 Å². The van der Waals surface area contributed by atoms with Crippen molar-refractivity contribution in [2.45, 2.75) is 13.3 Å². The predicted octanol–water partition coefficient (Wildman–Crippen LogP) is 2.23. The molecule has 1 radical (unpaired) electrons. The van der Waals surface area contributed by atoms with Crippen LogP contribution in [0.15, 0.2) is 18.2 Å². The highest BCUT2D eigenvalue weighted by Crippen LogP contribution is 2.23. The fourth-order valence-corrected chi connectivity index (χ4v) is 1.50. The van der Waals surface area contributed by atoms with E-state index in [0.717, 1.165) is 6.54 Å². The highest BCUT2D eigenvalue weighted by atomic mass is 14.9. The average Bonchev–Trinajstić information content (AvgIpc) is 2.50. The van der Waals surface area contributed by atoms with Crippen LogP contribution in [0, 0.1) is 6.42 Å². The van der Waals surface area contributed by atoms with Crippen molar-refractivity contribution in [3.63, 3.8) is 0 Å². The summed E-state index contributed by atoms with van der Waals surface area (Å²) in [6, 6.07) is 6.57. The van der Waals surface area contributed by atoms with Crippen LogP contribution in [0.4, 0.5) is 5.69 Å². The van der Waals surface area contributed by atoms with E-state index in [1.807, 2.05) is 0 Å². The van der Waals surface area contributed by atoms with Crippen LogP contribution in [0.25, 0.3) is 0 Å². The van der Waals surface area contributed by atoms with E-state index < -0.39 is 0 Å². The van der Waals surface area contributed by atoms with Crippen LogP contribution < -0.4 is 5.32 Å². The number of anilines is 1. The van der Waals surface area contributed by atoms with Gasteiger partial charge in [0.25, 0.3) is 0 Å². The predicted molar refractivity (Wildman–Crippen MR) is 47.7 cm³/mol. The Morgan fingerprint density at radius 1 is 1.45 bits per heavy atom. The van der Waals surface area contributed by atoms with Crippen LogP contribution in [-0.4, -0.2) is 6.54 Å². The Morgan fingerprint density at radius 2 is 2.36 bits per heavy atom. The molecule has 0 fully saturated rings. The Hall–Kier alpha value is -0.980. The molecule has 11 heavy (non-hydrogen) atoms. The molecule has 0 saturated heterocycles. The lowest BCUT2D eigenvalue weighted by atomic mass is 10.1. The van der Waals surface area contributed by atoms with E-state index in [0.29, 0.717) is 0 Å². The van der Waals surface area contributed by atoms with Gasteiger partial charge in [-0.3, -0.25) is 0 Å². The molecule has 1 N–H and O–H groups in total. The van der Waals surface area contributed by atoms with Gasteiger partial charge in [-0.05, 0) is 30.0 Å². The molecule has 1 aliphatic rings. The summed E-state index contributed by atoms with van der Waals surface area (Å²) >= 11 is 0. The summed E-state index contributed by atoms with van der Waals surface area (Å²) in [5, 5.41) is 3.34. The van der Waals surface area contributed by atoms with Gasteiger partial charge in [-0.1, -0.05) is 19.1 Å². The van der Waals surface area contributed by atoms with Crippen molar-refractivity contribution in [2.75, 3.05) is 11.9 Å². The molecular formula is C10H12N. The maximum atomic E-state index is 3.34. The first-order valence-corrected chi connectivity index (χ1v) is 4.06. The number of hydrogen-bond acceptors (Lipinski definition) is 1. The van der Waals surface area contributed by atoms with E-state index in [9.17, 15) is 0 Å². The Morgan fingerprint density at radius 3 is 3.18 bits per heavy atom. The van der Waals surface area contributed by atoms with Crippen LogP contribution >= 0.6 is 0 Å². The molecule has 1 heterocycles. The lowest BCUT2D eigenvalue weighted by Gasteiger charge is -2.00. The molecule has 1 aromatic carbocycles. The summed E-state index contributed by atoms with van der Waals surface area (Å²) in [4.78, 5) is 0. The number of fused-ring (bicyclic) bond motifs is 1. The van der Waals surface area contributed by atoms with Gasteiger partial charge >= 0.3 is 0 Å². The average molecular weight is 146 g/mol. The van der Waals surface area contributed by atoms with Gasteiger partial charge in [0.1, 0.15) is 0 Å². The molecular weight excluding hydrogens is 134 g/mol. The Bertz CT molecular complexity index is 266. The van der Waals surface area contributed by atoms with Crippen LogP contribution in [0.3, 0.4) is 0 Å². The van der Waals surface area contributed by atoms with E-state index in [1.165, 1.54) is 23.2 Å². The highest BCUT2D eigenvalue weighted by molar-refractivity contribution is 5.57. The maximum Gasteiger partial charge on any atom is 0.0373 e. The van der Waals surface area contributed by atoms with Crippen LogP contribution in [0.5, 0.6) is 0 Å². The smallest absolute Gasteiger partial charge is 0.0373 e. The SMILES string of the molecule is C[CH]c1ccc2c(c1)CCN2. The van der Waals surface area contributed by atoms with Crippen molar-refractivity contribution in [1.29, 1.82) is 0 Å². The number of nitrogens with one attached hydrogen (secondary N) is 1. The second kappa shape index (κ2) is 2.57. The second-order valence-electron chi connectivity index (χ2n) is 2.88. The first-order valence-electron chi connectivity index (χ1n) is 4.06. The van der Waals surface area contributed by atoms with E-state index in [1.54, 1.807) is 0 Å². The van der Waals surface area contributed by atoms with Gasteiger partial charge in [-0.2, -0.15) is 0 Å². The zero-order valence-electron chi connectivity index (χ0n) is 6.72. The van der Waals surface area contributed by atoms with Crippen LogP contribution in [0.1, 0.15) is 18.1 Å². The Kier molecular flexibility index (Phi) is 1.57. The minimum atomic E-state index is 1.10. The van der Waals surface area contributed by atoms with Gasteiger partial charge in [0.05, 0.1) is 0 Å². The molecule has 0 bridgehead atoms. The molecule has 0 amide bonds. The standard InChI is InChI=1S/C10H12N/c1-2-8-3-4-10-9(7-8)5-6-11-10/h2-4,7,11H,5-6H2,1H3. The fraction of sp³-hybridized carbons (Fsp3) is 0.300. The van der Waals surface area contributed by atoms with Crippen LogP contribution in [0.2, 0.25) is 0 Å². The molecule has 1 nitrogen and oxygen atoms in total. The molecule has 1 aliphatic heterocycles. The first kappa shape index (κ1) is 6.71. The molecule has 0 aromatic heterocycles. The summed E-state index contributed by atoms with van der Waals surface area (Å²) in [5.41, 5.74) is 4.10. The van der Waals surface area contributed by atoms with Gasteiger partial charge in [0, 0.05) is 12.2 Å². The molecule has 1 heteroatoms. The third-order valence-electron chi connectivity index (χ3n) is 2.17. The molecule has 0 aliphatic carbocycles. The van der Waals surface area contributed by atoms with Crippen molar-refractivity contribution >= 4 is 5.69 Å². The summed E-state index contributed by atoms with van der Waals surface area (Å²) in [5.74, 6) is 0. The number of hydrogen-bond donors (Lipinski definition) is 1. The molecule has 0 spiro atoms. The number of benzene rings is 1. The first-order chi connectivity index (χ1) is 5.40. The van der Waals surface area contributed by atoms with E-state index in [2.05, 4.69) is 36.9 Å². The van der Waals surface area contributed by atoms with Crippen LogP contribution in [-0.2, 0) is 6.42 Å². The minimum Gasteiger partial charge on any atom is -0.384 e. The quantitative estimate of drug-likeness (QED) is 0.640. The monoisotopic (exact) mass is 146 g/mol. The summed E-state index contributed by atoms with van der Waals surface area (Å²) in [7, 11) is 0. The molecule has 57 valence electrons. The molecule has 2 rings (SSSR count). The lowest BCUT2D eigenvalue weighted by Crippen LogP contribution is -1.90. The van der Waals surface area contributed by atoms with Gasteiger partial charge in [0.15, 0.2) is 0 Å². The fourth-order valence-electron chi connectivity index (χ4n) is 1.50. The van der Waals surface area contributed by atoms with Crippen molar-refractivity contribution in [3.8, 4) is 0 Å². The summed E-state index contributed by atoms with van der Waals surface area (Å²) in [6.45, 7) is 3.17. The Labute approximate surface area is 67.4 Å². The van der Waals surface area contributed by atoms with Gasteiger partial charge < -0.3 is 5.32 Å². The van der Waals surface area contributed by atoms with Gasteiger partial charge in [-0.15, -0.1) is 0 Å². The van der Waals surface area contributed by atoms with Crippen molar-refractivity contribution in [1.82, 2.24) is 0 Å². The van der Waals surface area contributed by atoms with E-state index in [4.69, 9.17) is 0 Å². The molecule has 0 unspecified atom stereocenters. The molecule has 0 atom stereocenters. The third kappa shape index (κ3) is 1.11. The number of rotatable bonds is 1. The van der Waals surface area contributed by atoms with Crippen molar-refractivity contribution in [3.05, 3.63) is 35.7 Å². The highest BCUT2D eigenvalue weighted by Gasteiger charge is 2.08. The minimum absolute atomic E-state index is 1.10. The second-order valence-corrected chi connectivity index (χ2v) is 2.88. The largest absolute Gasteiger partial charge is 0.384 e. The van der Waals surface area contributed by atoms with E-state index in [-0.39, 0.29) is 0 Å². The normalized spacial score (nSPS) is 14.3. The van der Waals surface area contributed by atoms with Crippen molar-refractivity contribution in [2.24, 2.45) is 0 Å². The zero-order valence-corrected chi connectivity index (χ0v) is 6.72. The van der Waals surface area contributed by atoms with E-state index >= 15 is 0 Å². The molecule has 0 saturated carbocycles. The molecule has 1 aromatic rings.